The van der Waals surface area contributed by atoms with Gasteiger partial charge in [0.05, 0.1) is 12.7 Å². The van der Waals surface area contributed by atoms with Gasteiger partial charge in [0, 0.05) is 5.41 Å². The van der Waals surface area contributed by atoms with E-state index in [4.69, 9.17) is 0 Å². The third-order valence-electron chi connectivity index (χ3n) is 11.3. The summed E-state index contributed by atoms with van der Waals surface area (Å²) in [5.74, 6) is 5.64. The Balaban J connectivity index is 1.50. The Morgan fingerprint density at radius 2 is 1.81 bits per heavy atom. The number of fused-ring (bicyclic) bond motifs is 5. The Morgan fingerprint density at radius 1 is 1.03 bits per heavy atom. The Labute approximate surface area is 192 Å². The summed E-state index contributed by atoms with van der Waals surface area (Å²) < 4.78 is 0. The van der Waals surface area contributed by atoms with Crippen LogP contribution >= 0.6 is 0 Å². The van der Waals surface area contributed by atoms with E-state index in [2.05, 4.69) is 40.7 Å². The average Bonchev–Trinajstić information content (AvgIpc) is 3.10. The lowest BCUT2D eigenvalue weighted by atomic mass is 9.46. The van der Waals surface area contributed by atoms with E-state index in [1.165, 1.54) is 56.9 Å². The largest absolute Gasteiger partial charge is 0.395 e. The lowest BCUT2D eigenvalue weighted by Gasteiger charge is -2.59. The summed E-state index contributed by atoms with van der Waals surface area (Å²) >= 11 is 0. The molecule has 0 aromatic carbocycles. The minimum atomic E-state index is -0.189. The molecule has 178 valence electrons. The van der Waals surface area contributed by atoms with Gasteiger partial charge in [-0.15, -0.1) is 0 Å². The zero-order valence-corrected chi connectivity index (χ0v) is 21.1. The second-order valence-corrected chi connectivity index (χ2v) is 12.7. The first kappa shape index (κ1) is 23.8. The molecule has 4 rings (SSSR count). The highest BCUT2D eigenvalue weighted by Crippen LogP contribution is 2.67. The van der Waals surface area contributed by atoms with E-state index in [1.54, 1.807) is 0 Å². The van der Waals surface area contributed by atoms with Gasteiger partial charge in [-0.05, 0) is 105 Å². The Kier molecular flexibility index (Phi) is 7.01. The minimum absolute atomic E-state index is 0.0151. The third kappa shape index (κ3) is 3.96. The van der Waals surface area contributed by atoms with E-state index in [1.807, 2.05) is 0 Å². The Morgan fingerprint density at radius 3 is 2.48 bits per heavy atom. The van der Waals surface area contributed by atoms with Gasteiger partial charge in [0.2, 0.25) is 0 Å². The molecule has 2 N–H and O–H groups in total. The predicted molar refractivity (Wildman–Crippen MR) is 130 cm³/mol. The first-order valence-corrected chi connectivity index (χ1v) is 13.7. The normalized spacial score (nSPS) is 44.3. The van der Waals surface area contributed by atoms with Crippen LogP contribution in [0.25, 0.3) is 0 Å². The maximum Gasteiger partial charge on any atom is 0.0577 e. The summed E-state index contributed by atoms with van der Waals surface area (Å²) in [7, 11) is 0. The monoisotopic (exact) mass is 430 g/mol. The molecule has 0 spiro atoms. The number of hydrogen-bond acceptors (Lipinski definition) is 2. The molecule has 0 amide bonds. The van der Waals surface area contributed by atoms with Crippen molar-refractivity contribution in [1.29, 1.82) is 0 Å². The number of allylic oxidation sites excluding steroid dienone is 1. The van der Waals surface area contributed by atoms with E-state index in [9.17, 15) is 10.2 Å². The van der Waals surface area contributed by atoms with Crippen LogP contribution in [-0.2, 0) is 0 Å². The van der Waals surface area contributed by atoms with Gasteiger partial charge in [0.25, 0.3) is 0 Å². The van der Waals surface area contributed by atoms with Crippen LogP contribution in [0.1, 0.15) is 105 Å². The van der Waals surface area contributed by atoms with Crippen molar-refractivity contribution in [2.75, 3.05) is 6.61 Å². The van der Waals surface area contributed by atoms with Crippen LogP contribution in [0, 0.1) is 52.3 Å². The van der Waals surface area contributed by atoms with Crippen molar-refractivity contribution in [2.24, 2.45) is 52.3 Å². The molecular formula is C29H50O2. The maximum absolute atomic E-state index is 10.6. The van der Waals surface area contributed by atoms with Gasteiger partial charge in [-0.25, -0.2) is 0 Å². The molecule has 3 fully saturated rings. The van der Waals surface area contributed by atoms with Crippen LogP contribution < -0.4 is 0 Å². The lowest BCUT2D eigenvalue weighted by molar-refractivity contribution is -0.0797. The predicted octanol–water partition coefficient (Wildman–Crippen LogP) is 7.00. The number of hydrogen-bond donors (Lipinski definition) is 2. The topological polar surface area (TPSA) is 40.5 Å². The van der Waals surface area contributed by atoms with E-state index >= 15 is 0 Å². The molecule has 9 atom stereocenters. The van der Waals surface area contributed by atoms with Crippen molar-refractivity contribution in [2.45, 2.75) is 111 Å². The minimum Gasteiger partial charge on any atom is -0.395 e. The van der Waals surface area contributed by atoms with Gasteiger partial charge in [-0.1, -0.05) is 59.1 Å². The zero-order chi connectivity index (χ0) is 22.4. The molecule has 4 aliphatic rings. The fourth-order valence-corrected chi connectivity index (χ4v) is 9.39. The SMILES string of the molecule is CC[C@@H](CC[C@@H](C)[C@H]1CC[C@@H]2[C@@H]3CC=C4C[C@@H](O)CC[C@]4(CO)[C@H]3CC[C@@]21C)C(C)C. The molecule has 0 heterocycles. The summed E-state index contributed by atoms with van der Waals surface area (Å²) in [6.07, 6.45) is 15.7. The second kappa shape index (κ2) is 9.13. The van der Waals surface area contributed by atoms with Crippen LogP contribution in [0.15, 0.2) is 11.6 Å². The molecule has 2 nitrogen and oxygen atoms in total. The highest BCUT2D eigenvalue weighted by molar-refractivity contribution is 5.26. The lowest BCUT2D eigenvalue weighted by Crippen LogP contribution is -2.53. The molecule has 4 aliphatic carbocycles. The summed E-state index contributed by atoms with van der Waals surface area (Å²) in [6.45, 7) is 12.7. The molecule has 0 aromatic rings. The average molecular weight is 431 g/mol. The second-order valence-electron chi connectivity index (χ2n) is 12.7. The van der Waals surface area contributed by atoms with E-state index < -0.39 is 0 Å². The van der Waals surface area contributed by atoms with Crippen LogP contribution in [0.2, 0.25) is 0 Å². The van der Waals surface area contributed by atoms with Crippen LogP contribution in [0.3, 0.4) is 0 Å². The molecule has 3 saturated carbocycles. The van der Waals surface area contributed by atoms with Crippen molar-refractivity contribution < 1.29 is 10.2 Å². The van der Waals surface area contributed by atoms with Crippen LogP contribution in [-0.4, -0.2) is 22.9 Å². The number of aliphatic hydroxyl groups excluding tert-OH is 2. The smallest absolute Gasteiger partial charge is 0.0577 e. The highest BCUT2D eigenvalue weighted by Gasteiger charge is 2.60. The molecule has 0 aromatic heterocycles. The quantitative estimate of drug-likeness (QED) is 0.427. The van der Waals surface area contributed by atoms with Gasteiger partial charge in [-0.3, -0.25) is 0 Å². The standard InChI is InChI=1S/C29H50O2/c1-6-21(19(2)3)8-7-20(4)25-11-12-26-24-10-9-22-17-23(31)13-16-29(22,18-30)27(24)14-15-28(25,26)5/h9,19-21,23-27,30-31H,6-8,10-18H2,1-5H3/t20-,21+,23+,24+,25-,26-,27+,28-,29-/m1/s1. The van der Waals surface area contributed by atoms with Gasteiger partial charge >= 0.3 is 0 Å². The number of rotatable bonds is 7. The molecular weight excluding hydrogens is 380 g/mol. The summed E-state index contributed by atoms with van der Waals surface area (Å²) in [5.41, 5.74) is 1.88. The molecule has 31 heavy (non-hydrogen) atoms. The molecule has 0 bridgehead atoms. The van der Waals surface area contributed by atoms with Crippen molar-refractivity contribution in [3.8, 4) is 0 Å². The van der Waals surface area contributed by atoms with Gasteiger partial charge < -0.3 is 10.2 Å². The first-order valence-electron chi connectivity index (χ1n) is 13.7. The molecule has 0 unspecified atom stereocenters. The van der Waals surface area contributed by atoms with Gasteiger partial charge in [0.1, 0.15) is 0 Å². The van der Waals surface area contributed by atoms with E-state index in [0.717, 1.165) is 54.8 Å². The molecule has 0 aliphatic heterocycles. The maximum atomic E-state index is 10.6. The van der Waals surface area contributed by atoms with Crippen LogP contribution in [0.4, 0.5) is 0 Å². The Bertz CT molecular complexity index is 653. The fraction of sp³-hybridized carbons (Fsp3) is 0.931. The van der Waals surface area contributed by atoms with Crippen molar-refractivity contribution in [3.63, 3.8) is 0 Å². The zero-order valence-electron chi connectivity index (χ0n) is 21.1. The van der Waals surface area contributed by atoms with Crippen molar-refractivity contribution >= 4 is 0 Å². The molecule has 0 radical (unpaired) electrons. The number of aliphatic hydroxyl groups is 2. The summed E-state index contributed by atoms with van der Waals surface area (Å²) in [4.78, 5) is 0. The van der Waals surface area contributed by atoms with E-state index in [-0.39, 0.29) is 11.5 Å². The summed E-state index contributed by atoms with van der Waals surface area (Å²) in [6, 6.07) is 0. The molecule has 0 saturated heterocycles. The van der Waals surface area contributed by atoms with Gasteiger partial charge in [0.15, 0.2) is 0 Å². The third-order valence-corrected chi connectivity index (χ3v) is 11.3. The van der Waals surface area contributed by atoms with E-state index in [0.29, 0.717) is 17.9 Å². The van der Waals surface area contributed by atoms with Crippen molar-refractivity contribution in [3.05, 3.63) is 11.6 Å². The molecule has 2 heteroatoms. The first-order chi connectivity index (χ1) is 14.8. The summed E-state index contributed by atoms with van der Waals surface area (Å²) in [5, 5.41) is 20.9. The van der Waals surface area contributed by atoms with Gasteiger partial charge in [-0.2, -0.15) is 0 Å². The van der Waals surface area contributed by atoms with Crippen LogP contribution in [0.5, 0.6) is 0 Å². The fourth-order valence-electron chi connectivity index (χ4n) is 9.39. The highest BCUT2D eigenvalue weighted by atomic mass is 16.3. The Hall–Kier alpha value is -0.340. The van der Waals surface area contributed by atoms with Crippen molar-refractivity contribution in [1.82, 2.24) is 0 Å².